The van der Waals surface area contributed by atoms with Gasteiger partial charge in [0.25, 0.3) is 0 Å². The molecular weight excluding hydrogens is 238 g/mol. The highest BCUT2D eigenvalue weighted by Gasteiger charge is 2.19. The third-order valence-electron chi connectivity index (χ3n) is 3.70. The van der Waals surface area contributed by atoms with E-state index in [-0.39, 0.29) is 5.91 Å². The summed E-state index contributed by atoms with van der Waals surface area (Å²) in [6.45, 7) is 5.64. The molecule has 0 spiro atoms. The fourth-order valence-corrected chi connectivity index (χ4v) is 2.35. The minimum Gasteiger partial charge on any atom is -0.343 e. The van der Waals surface area contributed by atoms with Crippen LogP contribution in [0.2, 0.25) is 0 Å². The van der Waals surface area contributed by atoms with Crippen molar-refractivity contribution in [2.24, 2.45) is 5.92 Å². The molecule has 2 rings (SSSR count). The van der Waals surface area contributed by atoms with Crippen LogP contribution >= 0.6 is 0 Å². The van der Waals surface area contributed by atoms with Gasteiger partial charge in [-0.15, -0.1) is 0 Å². The summed E-state index contributed by atoms with van der Waals surface area (Å²) < 4.78 is 0. The fourth-order valence-electron chi connectivity index (χ4n) is 2.35. The Morgan fingerprint density at radius 1 is 1.47 bits per heavy atom. The van der Waals surface area contributed by atoms with Crippen molar-refractivity contribution >= 4 is 5.91 Å². The monoisotopic (exact) mass is 261 g/mol. The van der Waals surface area contributed by atoms with Gasteiger partial charge in [0, 0.05) is 45.0 Å². The zero-order valence-electron chi connectivity index (χ0n) is 11.6. The van der Waals surface area contributed by atoms with Crippen LogP contribution < -0.4 is 5.32 Å². The van der Waals surface area contributed by atoms with Gasteiger partial charge in [0.15, 0.2) is 0 Å². The van der Waals surface area contributed by atoms with Crippen LogP contribution in [-0.2, 0) is 11.3 Å². The Morgan fingerprint density at radius 2 is 2.26 bits per heavy atom. The van der Waals surface area contributed by atoms with Crippen LogP contribution in [0.3, 0.4) is 0 Å². The van der Waals surface area contributed by atoms with Gasteiger partial charge in [0.1, 0.15) is 0 Å². The number of carbonyl (C=O) groups excluding carboxylic acids is 1. The quantitative estimate of drug-likeness (QED) is 0.822. The Labute approximate surface area is 115 Å². The number of aromatic nitrogens is 1. The van der Waals surface area contributed by atoms with Crippen molar-refractivity contribution in [1.29, 1.82) is 0 Å². The summed E-state index contributed by atoms with van der Waals surface area (Å²) in [6, 6.07) is 3.96. The van der Waals surface area contributed by atoms with Gasteiger partial charge >= 0.3 is 0 Å². The van der Waals surface area contributed by atoms with E-state index in [2.05, 4.69) is 17.2 Å². The molecule has 4 heteroatoms. The van der Waals surface area contributed by atoms with Gasteiger partial charge in [-0.05, 0) is 30.4 Å². The SMILES string of the molecule is CC1CCN(C(=O)CCNCc2cccnc2)CC1. The lowest BCUT2D eigenvalue weighted by molar-refractivity contribution is -0.132. The van der Waals surface area contributed by atoms with Gasteiger partial charge in [-0.2, -0.15) is 0 Å². The molecule has 0 aromatic carbocycles. The Hall–Kier alpha value is -1.42. The summed E-state index contributed by atoms with van der Waals surface area (Å²) in [6.07, 6.45) is 6.50. The molecule has 4 nitrogen and oxygen atoms in total. The van der Waals surface area contributed by atoms with E-state index in [0.29, 0.717) is 6.42 Å². The zero-order valence-corrected chi connectivity index (χ0v) is 11.6. The molecule has 0 radical (unpaired) electrons. The van der Waals surface area contributed by atoms with Crippen molar-refractivity contribution < 1.29 is 4.79 Å². The van der Waals surface area contributed by atoms with E-state index in [4.69, 9.17) is 0 Å². The van der Waals surface area contributed by atoms with Gasteiger partial charge < -0.3 is 10.2 Å². The number of rotatable bonds is 5. The predicted octanol–water partition coefficient (Wildman–Crippen LogP) is 1.82. The maximum atomic E-state index is 12.0. The molecule has 1 amide bonds. The van der Waals surface area contributed by atoms with E-state index in [0.717, 1.165) is 50.5 Å². The van der Waals surface area contributed by atoms with Gasteiger partial charge in [-0.3, -0.25) is 9.78 Å². The van der Waals surface area contributed by atoms with E-state index < -0.39 is 0 Å². The van der Waals surface area contributed by atoms with Crippen LogP contribution in [0.5, 0.6) is 0 Å². The van der Waals surface area contributed by atoms with E-state index in [1.54, 1.807) is 6.20 Å². The molecule has 0 unspecified atom stereocenters. The smallest absolute Gasteiger partial charge is 0.223 e. The highest BCUT2D eigenvalue weighted by atomic mass is 16.2. The third kappa shape index (κ3) is 4.63. The van der Waals surface area contributed by atoms with E-state index in [9.17, 15) is 4.79 Å². The second kappa shape index (κ2) is 7.24. The average Bonchev–Trinajstić information content (AvgIpc) is 2.45. The lowest BCUT2D eigenvalue weighted by Gasteiger charge is -2.30. The van der Waals surface area contributed by atoms with Crippen molar-refractivity contribution in [2.45, 2.75) is 32.7 Å². The number of carbonyl (C=O) groups is 1. The summed E-state index contributed by atoms with van der Waals surface area (Å²) in [5.41, 5.74) is 1.15. The normalized spacial score (nSPS) is 16.6. The first-order chi connectivity index (χ1) is 9.25. The Bertz CT molecular complexity index is 386. The molecule has 19 heavy (non-hydrogen) atoms. The van der Waals surface area contributed by atoms with Gasteiger partial charge in [-0.1, -0.05) is 13.0 Å². The first-order valence-electron chi connectivity index (χ1n) is 7.13. The first-order valence-corrected chi connectivity index (χ1v) is 7.13. The average molecular weight is 261 g/mol. The molecule has 0 atom stereocenters. The number of hydrogen-bond donors (Lipinski definition) is 1. The summed E-state index contributed by atoms with van der Waals surface area (Å²) in [7, 11) is 0. The summed E-state index contributed by atoms with van der Waals surface area (Å²) in [5, 5.41) is 3.29. The molecule has 0 aliphatic carbocycles. The van der Waals surface area contributed by atoms with Gasteiger partial charge in [0.05, 0.1) is 0 Å². The number of likely N-dealkylation sites (tertiary alicyclic amines) is 1. The number of piperidine rings is 1. The van der Waals surface area contributed by atoms with E-state index in [1.807, 2.05) is 23.2 Å². The van der Waals surface area contributed by atoms with Gasteiger partial charge in [-0.25, -0.2) is 0 Å². The van der Waals surface area contributed by atoms with Crippen LogP contribution in [0, 0.1) is 5.92 Å². The second-order valence-electron chi connectivity index (χ2n) is 5.35. The van der Waals surface area contributed by atoms with E-state index >= 15 is 0 Å². The number of nitrogens with zero attached hydrogens (tertiary/aromatic N) is 2. The molecule has 0 saturated carbocycles. The second-order valence-corrected chi connectivity index (χ2v) is 5.35. The lowest BCUT2D eigenvalue weighted by Crippen LogP contribution is -2.39. The lowest BCUT2D eigenvalue weighted by atomic mass is 9.99. The fraction of sp³-hybridized carbons (Fsp3) is 0.600. The minimum absolute atomic E-state index is 0.283. The highest BCUT2D eigenvalue weighted by Crippen LogP contribution is 2.16. The topological polar surface area (TPSA) is 45.2 Å². The first kappa shape index (κ1) is 14.0. The predicted molar refractivity (Wildman–Crippen MR) is 75.5 cm³/mol. The van der Waals surface area contributed by atoms with Crippen LogP contribution in [0.25, 0.3) is 0 Å². The number of pyridine rings is 1. The molecule has 1 saturated heterocycles. The van der Waals surface area contributed by atoms with Gasteiger partial charge in [0.2, 0.25) is 5.91 Å². The van der Waals surface area contributed by atoms with Crippen molar-refractivity contribution in [2.75, 3.05) is 19.6 Å². The van der Waals surface area contributed by atoms with Crippen molar-refractivity contribution in [3.05, 3.63) is 30.1 Å². The van der Waals surface area contributed by atoms with Crippen LogP contribution in [0.4, 0.5) is 0 Å². The summed E-state index contributed by atoms with van der Waals surface area (Å²) in [4.78, 5) is 18.1. The molecule has 1 aliphatic rings. The summed E-state index contributed by atoms with van der Waals surface area (Å²) >= 11 is 0. The molecule has 104 valence electrons. The minimum atomic E-state index is 0.283. The molecule has 0 bridgehead atoms. The molecule has 1 aliphatic heterocycles. The molecule has 1 aromatic rings. The Kier molecular flexibility index (Phi) is 5.33. The van der Waals surface area contributed by atoms with Crippen LogP contribution in [-0.4, -0.2) is 35.4 Å². The number of amides is 1. The Morgan fingerprint density at radius 3 is 2.95 bits per heavy atom. The molecule has 2 heterocycles. The number of hydrogen-bond acceptors (Lipinski definition) is 3. The molecule has 1 fully saturated rings. The van der Waals surface area contributed by atoms with Crippen molar-refractivity contribution in [3.63, 3.8) is 0 Å². The van der Waals surface area contributed by atoms with Crippen molar-refractivity contribution in [3.8, 4) is 0 Å². The van der Waals surface area contributed by atoms with E-state index in [1.165, 1.54) is 0 Å². The maximum Gasteiger partial charge on any atom is 0.223 e. The largest absolute Gasteiger partial charge is 0.343 e. The standard InChI is InChI=1S/C15H23N3O/c1-13-5-9-18(10-6-13)15(19)4-8-17-12-14-3-2-7-16-11-14/h2-3,7,11,13,17H,4-6,8-10,12H2,1H3. The maximum absolute atomic E-state index is 12.0. The van der Waals surface area contributed by atoms with Crippen LogP contribution in [0.15, 0.2) is 24.5 Å². The molecule has 1 aromatic heterocycles. The molecule has 1 N–H and O–H groups in total. The zero-order chi connectivity index (χ0) is 13.5. The number of nitrogens with one attached hydrogen (secondary N) is 1. The third-order valence-corrected chi connectivity index (χ3v) is 3.70. The Balaban J connectivity index is 1.61. The van der Waals surface area contributed by atoms with Crippen molar-refractivity contribution in [1.82, 2.24) is 15.2 Å². The summed E-state index contributed by atoms with van der Waals surface area (Å²) in [5.74, 6) is 1.05. The van der Waals surface area contributed by atoms with Crippen LogP contribution in [0.1, 0.15) is 31.7 Å². The highest BCUT2D eigenvalue weighted by molar-refractivity contribution is 5.76. The molecular formula is C15H23N3O.